The predicted molar refractivity (Wildman–Crippen MR) is 109 cm³/mol. The van der Waals surface area contributed by atoms with Gasteiger partial charge in [0.1, 0.15) is 11.4 Å². The van der Waals surface area contributed by atoms with Crippen LogP contribution in [0.2, 0.25) is 0 Å². The maximum Gasteiger partial charge on any atom is 0.411 e. The van der Waals surface area contributed by atoms with Crippen LogP contribution in [0.1, 0.15) is 50.3 Å². The molecule has 0 spiro atoms. The average molecular weight is 450 g/mol. The summed E-state index contributed by atoms with van der Waals surface area (Å²) in [5.74, 6) is -0.331. The Bertz CT molecular complexity index is 810. The highest BCUT2D eigenvalue weighted by Crippen LogP contribution is 2.40. The van der Waals surface area contributed by atoms with Gasteiger partial charge in [-0.2, -0.15) is 0 Å². The third-order valence-electron chi connectivity index (χ3n) is 5.43. The van der Waals surface area contributed by atoms with Gasteiger partial charge in [0.2, 0.25) is 0 Å². The predicted octanol–water partition coefficient (Wildman–Crippen LogP) is 5.55. The minimum atomic E-state index is -0.849. The number of hydrogen-bond acceptors (Lipinski definition) is 3. The van der Waals surface area contributed by atoms with Gasteiger partial charge in [-0.15, -0.1) is 0 Å². The van der Waals surface area contributed by atoms with E-state index in [9.17, 15) is 14.3 Å². The maximum atomic E-state index is 13.4. The highest BCUT2D eigenvalue weighted by atomic mass is 79.9. The summed E-state index contributed by atoms with van der Waals surface area (Å²) in [6.07, 6.45) is 0.667. The Morgan fingerprint density at radius 2 is 1.82 bits per heavy atom. The Morgan fingerprint density at radius 1 is 1.18 bits per heavy atom. The molecule has 1 aliphatic heterocycles. The van der Waals surface area contributed by atoms with Gasteiger partial charge in [-0.1, -0.05) is 40.2 Å². The molecule has 0 radical (unpaired) electrons. The molecule has 1 aliphatic rings. The molecular formula is C22H25BrFNO3. The lowest BCUT2D eigenvalue weighted by Gasteiger charge is -2.44. The number of hydrogen-bond donors (Lipinski definition) is 1. The van der Waals surface area contributed by atoms with E-state index in [4.69, 9.17) is 4.74 Å². The highest BCUT2D eigenvalue weighted by molar-refractivity contribution is 9.10. The Balaban J connectivity index is 1.82. The molecule has 0 aliphatic carbocycles. The van der Waals surface area contributed by atoms with Crippen molar-refractivity contribution in [3.05, 3.63) is 69.9 Å². The number of amides is 1. The molecule has 28 heavy (non-hydrogen) atoms. The molecule has 1 unspecified atom stereocenters. The number of carbonyl (C=O) groups is 1. The summed E-state index contributed by atoms with van der Waals surface area (Å²) >= 11 is 3.42. The summed E-state index contributed by atoms with van der Waals surface area (Å²) < 4.78 is 20.4. The second-order valence-electron chi connectivity index (χ2n) is 7.43. The fraction of sp³-hybridized carbons (Fsp3) is 0.409. The molecule has 3 atom stereocenters. The van der Waals surface area contributed by atoms with E-state index in [1.54, 1.807) is 24.0 Å². The van der Waals surface area contributed by atoms with Gasteiger partial charge in [-0.25, -0.2) is 9.18 Å². The van der Waals surface area contributed by atoms with E-state index in [1.165, 1.54) is 12.1 Å². The minimum absolute atomic E-state index is 0.122. The lowest BCUT2D eigenvalue weighted by atomic mass is 9.83. The first-order chi connectivity index (χ1) is 13.3. The number of nitrogens with zero attached hydrogens (tertiary/aromatic N) is 1. The van der Waals surface area contributed by atoms with Gasteiger partial charge < -0.3 is 14.7 Å². The normalized spacial score (nSPS) is 21.9. The third-order valence-corrected chi connectivity index (χ3v) is 5.96. The average Bonchev–Trinajstić information content (AvgIpc) is 2.67. The fourth-order valence-electron chi connectivity index (χ4n) is 3.66. The molecule has 1 saturated heterocycles. The van der Waals surface area contributed by atoms with Crippen LogP contribution in [-0.4, -0.2) is 28.7 Å². The summed E-state index contributed by atoms with van der Waals surface area (Å²) in [6, 6.07) is 13.8. The van der Waals surface area contributed by atoms with Gasteiger partial charge in [0.05, 0.1) is 12.1 Å². The van der Waals surface area contributed by atoms with Crippen LogP contribution < -0.4 is 0 Å². The van der Waals surface area contributed by atoms with Crippen LogP contribution in [0.4, 0.5) is 9.18 Å². The number of aliphatic hydroxyl groups is 1. The van der Waals surface area contributed by atoms with Crippen molar-refractivity contribution < 1.29 is 19.0 Å². The quantitative estimate of drug-likeness (QED) is 0.628. The standard InChI is InChI=1S/C22H25BrFNO3/c1-15(26)11-12-22(18-5-9-20(24)10-6-18)13-14-25(21(27)28-22)16(2)17-3-7-19(23)8-4-17/h3-10,15-16,26H,11-14H2,1-2H3/t15-,16?,22+/m0/s1. The second kappa shape index (κ2) is 8.62. The van der Waals surface area contributed by atoms with Gasteiger partial charge in [-0.05, 0) is 62.1 Å². The van der Waals surface area contributed by atoms with Crippen LogP contribution in [0.5, 0.6) is 0 Å². The fourth-order valence-corrected chi connectivity index (χ4v) is 3.93. The SMILES string of the molecule is CC(c1ccc(Br)cc1)N1CC[C@](CC[C@H](C)O)(c2ccc(F)cc2)OC1=O. The van der Waals surface area contributed by atoms with E-state index in [2.05, 4.69) is 15.9 Å². The first-order valence-corrected chi connectivity index (χ1v) is 10.3. The van der Waals surface area contributed by atoms with E-state index >= 15 is 0 Å². The van der Waals surface area contributed by atoms with Gasteiger partial charge in [0.15, 0.2) is 0 Å². The number of cyclic esters (lactones) is 1. The van der Waals surface area contributed by atoms with E-state index in [-0.39, 0.29) is 11.9 Å². The summed E-state index contributed by atoms with van der Waals surface area (Å²) in [5, 5.41) is 9.75. The van der Waals surface area contributed by atoms with Crippen molar-refractivity contribution in [3.8, 4) is 0 Å². The number of halogens is 2. The number of carbonyl (C=O) groups excluding carboxylic acids is 1. The molecule has 1 amide bonds. The van der Waals surface area contributed by atoms with Crippen molar-refractivity contribution in [2.45, 2.75) is 50.9 Å². The third kappa shape index (κ3) is 4.55. The van der Waals surface area contributed by atoms with Crippen LogP contribution in [0.3, 0.4) is 0 Å². The molecular weight excluding hydrogens is 425 g/mol. The zero-order valence-corrected chi connectivity index (χ0v) is 17.7. The van der Waals surface area contributed by atoms with Crippen molar-refractivity contribution in [2.75, 3.05) is 6.54 Å². The molecule has 6 heteroatoms. The zero-order chi connectivity index (χ0) is 20.3. The molecule has 4 nitrogen and oxygen atoms in total. The van der Waals surface area contributed by atoms with E-state index < -0.39 is 17.8 Å². The molecule has 1 fully saturated rings. The van der Waals surface area contributed by atoms with Gasteiger partial charge in [0.25, 0.3) is 0 Å². The van der Waals surface area contributed by atoms with Crippen LogP contribution in [-0.2, 0) is 10.3 Å². The Kier molecular flexibility index (Phi) is 6.40. The summed E-state index contributed by atoms with van der Waals surface area (Å²) in [4.78, 5) is 14.7. The Morgan fingerprint density at radius 3 is 2.39 bits per heavy atom. The lowest BCUT2D eigenvalue weighted by Crippen LogP contribution is -2.49. The lowest BCUT2D eigenvalue weighted by molar-refractivity contribution is -0.0705. The second-order valence-corrected chi connectivity index (χ2v) is 8.34. The van der Waals surface area contributed by atoms with Crippen molar-refractivity contribution in [1.29, 1.82) is 0 Å². The van der Waals surface area contributed by atoms with E-state index in [1.807, 2.05) is 31.2 Å². The molecule has 1 N–H and O–H groups in total. The topological polar surface area (TPSA) is 49.8 Å². The van der Waals surface area contributed by atoms with E-state index in [0.29, 0.717) is 25.8 Å². The number of ether oxygens (including phenoxy) is 1. The molecule has 0 aromatic heterocycles. The summed E-state index contributed by atoms with van der Waals surface area (Å²) in [6.45, 7) is 4.21. The largest absolute Gasteiger partial charge is 0.438 e. The number of rotatable bonds is 6. The van der Waals surface area contributed by atoms with Crippen molar-refractivity contribution in [1.82, 2.24) is 4.90 Å². The van der Waals surface area contributed by atoms with Gasteiger partial charge in [0, 0.05) is 17.4 Å². The van der Waals surface area contributed by atoms with Gasteiger partial charge >= 0.3 is 6.09 Å². The summed E-state index contributed by atoms with van der Waals surface area (Å²) in [7, 11) is 0. The minimum Gasteiger partial charge on any atom is -0.438 e. The first kappa shape index (κ1) is 20.8. The molecule has 150 valence electrons. The molecule has 0 saturated carbocycles. The highest BCUT2D eigenvalue weighted by Gasteiger charge is 2.43. The number of aliphatic hydroxyl groups excluding tert-OH is 1. The monoisotopic (exact) mass is 449 g/mol. The maximum absolute atomic E-state index is 13.4. The van der Waals surface area contributed by atoms with Crippen LogP contribution in [0, 0.1) is 5.82 Å². The van der Waals surface area contributed by atoms with E-state index in [0.717, 1.165) is 15.6 Å². The van der Waals surface area contributed by atoms with Crippen molar-refractivity contribution in [3.63, 3.8) is 0 Å². The number of benzene rings is 2. The molecule has 1 heterocycles. The van der Waals surface area contributed by atoms with Crippen LogP contribution in [0.15, 0.2) is 53.0 Å². The Hall–Kier alpha value is -1.92. The smallest absolute Gasteiger partial charge is 0.411 e. The van der Waals surface area contributed by atoms with Gasteiger partial charge in [-0.3, -0.25) is 0 Å². The summed E-state index contributed by atoms with van der Waals surface area (Å²) in [5.41, 5.74) is 0.940. The van der Waals surface area contributed by atoms with Crippen LogP contribution >= 0.6 is 15.9 Å². The molecule has 2 aromatic carbocycles. The van der Waals surface area contributed by atoms with Crippen molar-refractivity contribution in [2.24, 2.45) is 0 Å². The first-order valence-electron chi connectivity index (χ1n) is 9.50. The Labute approximate surface area is 173 Å². The zero-order valence-electron chi connectivity index (χ0n) is 16.1. The molecule has 3 rings (SSSR count). The molecule has 2 aromatic rings. The van der Waals surface area contributed by atoms with Crippen LogP contribution in [0.25, 0.3) is 0 Å². The molecule has 0 bridgehead atoms. The van der Waals surface area contributed by atoms with Crippen molar-refractivity contribution >= 4 is 22.0 Å².